The van der Waals surface area contributed by atoms with Gasteiger partial charge in [-0.3, -0.25) is 9.59 Å². The van der Waals surface area contributed by atoms with Gasteiger partial charge in [0.25, 0.3) is 11.5 Å². The highest BCUT2D eigenvalue weighted by atomic mass is 32.1. The number of hydrogen-bond acceptors (Lipinski definition) is 6. The summed E-state index contributed by atoms with van der Waals surface area (Å²) >= 11 is 1.29. The highest BCUT2D eigenvalue weighted by Crippen LogP contribution is 2.18. The van der Waals surface area contributed by atoms with Gasteiger partial charge in [0, 0.05) is 5.56 Å². The van der Waals surface area contributed by atoms with Crippen molar-refractivity contribution >= 4 is 28.3 Å². The van der Waals surface area contributed by atoms with Crippen LogP contribution >= 0.6 is 11.3 Å². The number of carbonyl (C=O) groups is 1. The van der Waals surface area contributed by atoms with Crippen molar-refractivity contribution < 1.29 is 9.53 Å². The first-order valence-electron chi connectivity index (χ1n) is 8.49. The van der Waals surface area contributed by atoms with E-state index in [9.17, 15) is 9.59 Å². The quantitative estimate of drug-likeness (QED) is 0.555. The van der Waals surface area contributed by atoms with Gasteiger partial charge in [-0.2, -0.15) is 9.50 Å². The lowest BCUT2D eigenvalue weighted by atomic mass is 10.1. The number of nitrogens with two attached hydrogens (primary N) is 1. The second-order valence-corrected chi connectivity index (χ2v) is 7.25. The minimum atomic E-state index is -0.536. The largest absolute Gasteiger partial charge is 0.484 e. The van der Waals surface area contributed by atoms with Gasteiger partial charge in [0.05, 0.1) is 4.53 Å². The van der Waals surface area contributed by atoms with E-state index in [1.807, 2.05) is 31.2 Å². The van der Waals surface area contributed by atoms with Crippen molar-refractivity contribution in [2.45, 2.75) is 6.92 Å². The zero-order valence-corrected chi connectivity index (χ0v) is 15.8. The number of ether oxygens (including phenoxy) is 1. The van der Waals surface area contributed by atoms with Gasteiger partial charge in [-0.15, -0.1) is 5.10 Å². The maximum Gasteiger partial charge on any atom is 0.291 e. The fourth-order valence-corrected chi connectivity index (χ4v) is 3.61. The zero-order valence-electron chi connectivity index (χ0n) is 15.0. The Balaban J connectivity index is 1.64. The molecule has 4 rings (SSSR count). The molecule has 7 nitrogen and oxygen atoms in total. The third-order valence-corrected chi connectivity index (χ3v) is 4.98. The van der Waals surface area contributed by atoms with Crippen LogP contribution in [0.4, 0.5) is 0 Å². The molecule has 0 saturated heterocycles. The molecule has 2 heterocycles. The summed E-state index contributed by atoms with van der Waals surface area (Å²) in [5.74, 6) is 0.532. The van der Waals surface area contributed by atoms with Crippen molar-refractivity contribution in [1.82, 2.24) is 14.6 Å². The van der Waals surface area contributed by atoms with Crippen LogP contribution < -0.4 is 20.6 Å². The van der Waals surface area contributed by atoms with E-state index in [0.717, 1.165) is 16.7 Å². The first-order chi connectivity index (χ1) is 13.5. The maximum absolute atomic E-state index is 12.7. The minimum absolute atomic E-state index is 0.176. The molecule has 28 heavy (non-hydrogen) atoms. The Morgan fingerprint density at radius 1 is 1.25 bits per heavy atom. The molecule has 0 fully saturated rings. The molecule has 2 aromatic heterocycles. The number of rotatable bonds is 5. The number of thiazole rings is 1. The van der Waals surface area contributed by atoms with Gasteiger partial charge in [0.1, 0.15) is 5.75 Å². The second kappa shape index (κ2) is 7.24. The monoisotopic (exact) mass is 392 g/mol. The van der Waals surface area contributed by atoms with E-state index in [2.05, 4.69) is 10.1 Å². The lowest BCUT2D eigenvalue weighted by molar-refractivity contribution is -0.119. The Kier molecular flexibility index (Phi) is 4.62. The van der Waals surface area contributed by atoms with Crippen LogP contribution in [0.5, 0.6) is 5.75 Å². The summed E-state index contributed by atoms with van der Waals surface area (Å²) in [6.07, 6.45) is 1.77. The predicted molar refractivity (Wildman–Crippen MR) is 107 cm³/mol. The molecule has 8 heteroatoms. The van der Waals surface area contributed by atoms with Crippen LogP contribution in [0.3, 0.4) is 0 Å². The third kappa shape index (κ3) is 3.63. The molecule has 0 unspecified atom stereocenters. The molecule has 0 spiro atoms. The van der Waals surface area contributed by atoms with Crippen LogP contribution in [0, 0.1) is 6.92 Å². The van der Waals surface area contributed by atoms with Gasteiger partial charge in [0.15, 0.2) is 12.4 Å². The third-order valence-electron chi connectivity index (χ3n) is 4.02. The minimum Gasteiger partial charge on any atom is -0.484 e. The maximum atomic E-state index is 12.7. The molecule has 1 amide bonds. The van der Waals surface area contributed by atoms with Gasteiger partial charge < -0.3 is 10.5 Å². The molecule has 0 atom stereocenters. The van der Waals surface area contributed by atoms with E-state index < -0.39 is 5.91 Å². The van der Waals surface area contributed by atoms with Crippen LogP contribution in [0.15, 0.2) is 53.3 Å². The molecule has 2 aromatic carbocycles. The Hall–Kier alpha value is -3.52. The molecule has 0 aliphatic rings. The van der Waals surface area contributed by atoms with E-state index in [-0.39, 0.29) is 12.2 Å². The fraction of sp³-hybridized carbons (Fsp3) is 0.100. The van der Waals surface area contributed by atoms with E-state index in [1.54, 1.807) is 30.3 Å². The van der Waals surface area contributed by atoms with Crippen LogP contribution in [0.2, 0.25) is 0 Å². The number of aryl methyl sites for hydroxylation is 1. The van der Waals surface area contributed by atoms with Gasteiger partial charge in [-0.05, 0) is 36.8 Å². The van der Waals surface area contributed by atoms with E-state index in [4.69, 9.17) is 10.5 Å². The normalized spacial score (nSPS) is 11.8. The van der Waals surface area contributed by atoms with Crippen molar-refractivity contribution in [2.75, 3.05) is 6.61 Å². The average Bonchev–Trinajstić information content (AvgIpc) is 3.21. The number of benzene rings is 2. The summed E-state index contributed by atoms with van der Waals surface area (Å²) < 4.78 is 7.09. The number of aromatic nitrogens is 3. The Morgan fingerprint density at radius 2 is 2.04 bits per heavy atom. The van der Waals surface area contributed by atoms with Gasteiger partial charge in [0.2, 0.25) is 4.96 Å². The smallest absolute Gasteiger partial charge is 0.291 e. The number of fused-ring (bicyclic) bond motifs is 1. The van der Waals surface area contributed by atoms with Crippen LogP contribution in [0.1, 0.15) is 11.1 Å². The number of carbonyl (C=O) groups excluding carboxylic acids is 1. The summed E-state index contributed by atoms with van der Waals surface area (Å²) in [5, 5.41) is 4.36. The van der Waals surface area contributed by atoms with E-state index in [0.29, 0.717) is 21.1 Å². The number of amides is 1. The van der Waals surface area contributed by atoms with Crippen LogP contribution in [-0.2, 0) is 4.79 Å². The van der Waals surface area contributed by atoms with Crippen molar-refractivity contribution in [2.24, 2.45) is 5.73 Å². The molecule has 0 bridgehead atoms. The average molecular weight is 392 g/mol. The second-order valence-electron chi connectivity index (χ2n) is 6.24. The summed E-state index contributed by atoms with van der Waals surface area (Å²) in [5.41, 5.74) is 7.66. The standard InChI is InChI=1S/C20H16N4O3S/c1-12-3-2-4-14(9-12)18-22-20-24(23-18)19(26)16(28-20)10-13-5-7-15(8-6-13)27-11-17(21)25/h2-10H,11H2,1H3,(H2,21,25). The molecular formula is C20H16N4O3S. The number of primary amides is 1. The summed E-state index contributed by atoms with van der Waals surface area (Å²) in [6.45, 7) is 1.82. The van der Waals surface area contributed by atoms with E-state index in [1.165, 1.54) is 15.9 Å². The summed E-state index contributed by atoms with van der Waals surface area (Å²) in [7, 11) is 0. The number of hydrogen-bond donors (Lipinski definition) is 1. The van der Waals surface area contributed by atoms with Crippen molar-refractivity contribution in [3.05, 3.63) is 74.5 Å². The van der Waals surface area contributed by atoms with Crippen molar-refractivity contribution in [3.8, 4) is 17.1 Å². The molecular weight excluding hydrogens is 376 g/mol. The molecule has 4 aromatic rings. The summed E-state index contributed by atoms with van der Waals surface area (Å²) in [6, 6.07) is 14.9. The SMILES string of the molecule is Cc1cccc(-c2nc3sc(=Cc4ccc(OCC(N)=O)cc4)c(=O)n3n2)c1. The highest BCUT2D eigenvalue weighted by Gasteiger charge is 2.12. The van der Waals surface area contributed by atoms with Crippen LogP contribution in [0.25, 0.3) is 22.4 Å². The lowest BCUT2D eigenvalue weighted by Gasteiger charge is -2.03. The molecule has 140 valence electrons. The van der Waals surface area contributed by atoms with Crippen molar-refractivity contribution in [1.29, 1.82) is 0 Å². The topological polar surface area (TPSA) is 99.6 Å². The lowest BCUT2D eigenvalue weighted by Crippen LogP contribution is -2.23. The zero-order chi connectivity index (χ0) is 19.7. The van der Waals surface area contributed by atoms with Gasteiger partial charge in [-0.1, -0.05) is 47.2 Å². The molecule has 0 aliphatic heterocycles. The predicted octanol–water partition coefficient (Wildman–Crippen LogP) is 1.54. The highest BCUT2D eigenvalue weighted by molar-refractivity contribution is 7.15. The molecule has 2 N–H and O–H groups in total. The summed E-state index contributed by atoms with van der Waals surface area (Å²) in [4.78, 5) is 28.4. The Morgan fingerprint density at radius 3 is 2.71 bits per heavy atom. The fourth-order valence-electron chi connectivity index (χ4n) is 2.71. The van der Waals surface area contributed by atoms with Crippen LogP contribution in [-0.4, -0.2) is 27.1 Å². The van der Waals surface area contributed by atoms with E-state index >= 15 is 0 Å². The van der Waals surface area contributed by atoms with Crippen molar-refractivity contribution in [3.63, 3.8) is 0 Å². The Bertz CT molecular complexity index is 1280. The first kappa shape index (κ1) is 17.9. The van der Waals surface area contributed by atoms with Gasteiger partial charge in [-0.25, -0.2) is 0 Å². The molecule has 0 radical (unpaired) electrons. The Labute approximate surface area is 163 Å². The van der Waals surface area contributed by atoms with Gasteiger partial charge >= 0.3 is 0 Å². The first-order valence-corrected chi connectivity index (χ1v) is 9.31. The number of nitrogens with zero attached hydrogens (tertiary/aromatic N) is 3. The molecule has 0 aliphatic carbocycles. The molecule has 0 saturated carbocycles.